The van der Waals surface area contributed by atoms with Crippen molar-refractivity contribution in [3.63, 3.8) is 0 Å². The summed E-state index contributed by atoms with van der Waals surface area (Å²) in [7, 11) is 1.99. The van der Waals surface area contributed by atoms with E-state index in [1.807, 2.05) is 14.1 Å². The van der Waals surface area contributed by atoms with Crippen LogP contribution in [0.1, 0.15) is 19.3 Å². The first-order valence-corrected chi connectivity index (χ1v) is 9.62. The number of hydrogen-bond donors (Lipinski definition) is 0. The Morgan fingerprint density at radius 3 is 2.54 bits per heavy atom. The molecule has 1 aromatic rings. The van der Waals surface area contributed by atoms with Gasteiger partial charge in [0.1, 0.15) is 0 Å². The summed E-state index contributed by atoms with van der Waals surface area (Å²) < 4.78 is 29.0. The van der Waals surface area contributed by atoms with Gasteiger partial charge in [-0.15, -0.1) is 0 Å². The topological polar surface area (TPSA) is 78.8 Å². The summed E-state index contributed by atoms with van der Waals surface area (Å²) in [5, 5.41) is 0.0894. The smallest absolute Gasteiger partial charge is 0.262 e. The van der Waals surface area contributed by atoms with Gasteiger partial charge in [0.25, 0.3) is 10.0 Å². The highest BCUT2D eigenvalue weighted by Crippen LogP contribution is 2.33. The molecule has 2 saturated heterocycles. The SMILES string of the molecule is CN1CC[C@@]2(CCC1=O)CN(S(=O)(=O)c1cn(C)cn1)CCN2C. The van der Waals surface area contributed by atoms with E-state index >= 15 is 0 Å². The minimum atomic E-state index is -3.60. The van der Waals surface area contributed by atoms with Crippen LogP contribution in [0.5, 0.6) is 0 Å². The van der Waals surface area contributed by atoms with Gasteiger partial charge in [0, 0.05) is 58.4 Å². The molecule has 3 heterocycles. The second kappa shape index (κ2) is 6.12. The summed E-state index contributed by atoms with van der Waals surface area (Å²) in [5.74, 6) is 0.130. The number of aryl methyl sites for hydroxylation is 1. The van der Waals surface area contributed by atoms with Crippen molar-refractivity contribution in [2.24, 2.45) is 7.05 Å². The third-order valence-electron chi connectivity index (χ3n) is 5.39. The van der Waals surface area contributed by atoms with Gasteiger partial charge in [0.15, 0.2) is 5.03 Å². The van der Waals surface area contributed by atoms with Crippen molar-refractivity contribution in [3.8, 4) is 0 Å². The average molecular weight is 355 g/mol. The summed E-state index contributed by atoms with van der Waals surface area (Å²) in [6.07, 6.45) is 4.95. The first-order chi connectivity index (χ1) is 11.2. The van der Waals surface area contributed by atoms with Crippen molar-refractivity contribution >= 4 is 15.9 Å². The van der Waals surface area contributed by atoms with Crippen LogP contribution in [0.25, 0.3) is 0 Å². The first-order valence-electron chi connectivity index (χ1n) is 8.18. The number of aromatic nitrogens is 2. The van der Waals surface area contributed by atoms with Crippen LogP contribution in [0.4, 0.5) is 0 Å². The summed E-state index contributed by atoms with van der Waals surface area (Å²) in [6.45, 7) is 2.16. The molecule has 0 saturated carbocycles. The second-order valence-electron chi connectivity index (χ2n) is 6.93. The highest BCUT2D eigenvalue weighted by molar-refractivity contribution is 7.89. The second-order valence-corrected chi connectivity index (χ2v) is 8.81. The van der Waals surface area contributed by atoms with E-state index in [-0.39, 0.29) is 16.5 Å². The van der Waals surface area contributed by atoms with Gasteiger partial charge >= 0.3 is 0 Å². The largest absolute Gasteiger partial charge is 0.346 e. The summed E-state index contributed by atoms with van der Waals surface area (Å²) in [5.41, 5.74) is -0.291. The normalized spacial score (nSPS) is 27.6. The number of likely N-dealkylation sites (N-methyl/N-ethyl adjacent to an activating group) is 1. The van der Waals surface area contributed by atoms with Crippen molar-refractivity contribution < 1.29 is 13.2 Å². The summed E-state index contributed by atoms with van der Waals surface area (Å²) >= 11 is 0. The minimum Gasteiger partial charge on any atom is -0.346 e. The van der Waals surface area contributed by atoms with Crippen LogP contribution in [0.3, 0.4) is 0 Å². The minimum absolute atomic E-state index is 0.0894. The van der Waals surface area contributed by atoms with E-state index in [0.29, 0.717) is 39.0 Å². The Balaban J connectivity index is 1.87. The molecule has 0 aliphatic carbocycles. The highest BCUT2D eigenvalue weighted by Gasteiger charge is 2.45. The lowest BCUT2D eigenvalue weighted by atomic mass is 9.87. The van der Waals surface area contributed by atoms with Gasteiger partial charge in [-0.1, -0.05) is 0 Å². The fourth-order valence-corrected chi connectivity index (χ4v) is 5.06. The molecule has 134 valence electrons. The molecule has 24 heavy (non-hydrogen) atoms. The molecule has 8 nitrogen and oxygen atoms in total. The highest BCUT2D eigenvalue weighted by atomic mass is 32.2. The van der Waals surface area contributed by atoms with Crippen molar-refractivity contribution in [2.75, 3.05) is 40.3 Å². The molecular formula is C15H25N5O3S. The number of carbonyl (C=O) groups is 1. The molecule has 0 unspecified atom stereocenters. The molecule has 1 aromatic heterocycles. The van der Waals surface area contributed by atoms with E-state index in [2.05, 4.69) is 9.88 Å². The molecule has 0 bridgehead atoms. The van der Waals surface area contributed by atoms with Crippen LogP contribution in [0.15, 0.2) is 17.6 Å². The van der Waals surface area contributed by atoms with Crippen LogP contribution in [-0.2, 0) is 21.9 Å². The van der Waals surface area contributed by atoms with Crippen LogP contribution in [0, 0.1) is 0 Å². The third-order valence-corrected chi connectivity index (χ3v) is 7.12. The van der Waals surface area contributed by atoms with E-state index in [1.165, 1.54) is 16.8 Å². The molecule has 2 aliphatic rings. The zero-order chi connectivity index (χ0) is 17.5. The van der Waals surface area contributed by atoms with Crippen molar-refractivity contribution in [1.82, 2.24) is 23.7 Å². The van der Waals surface area contributed by atoms with Gasteiger partial charge in [-0.2, -0.15) is 4.31 Å². The van der Waals surface area contributed by atoms with Crippen LogP contribution in [-0.4, -0.2) is 83.8 Å². The number of imidazole rings is 1. The Labute approximate surface area is 143 Å². The summed E-state index contributed by atoms with van der Waals surface area (Å²) in [4.78, 5) is 20.0. The number of piperazine rings is 1. The lowest BCUT2D eigenvalue weighted by Crippen LogP contribution is -2.62. The van der Waals surface area contributed by atoms with Crippen molar-refractivity contribution in [2.45, 2.75) is 29.8 Å². The van der Waals surface area contributed by atoms with Crippen LogP contribution < -0.4 is 0 Å². The standard InChI is InChI=1S/C15H25N5O3S/c1-17-10-13(16-12-17)24(22,23)20-9-8-19(3)15(11-20)5-4-14(21)18(2)7-6-15/h10,12H,4-9,11H2,1-3H3/t15-/m0/s1. The molecule has 0 N–H and O–H groups in total. The molecule has 2 aliphatic heterocycles. The van der Waals surface area contributed by atoms with E-state index in [9.17, 15) is 13.2 Å². The number of nitrogens with zero attached hydrogens (tertiary/aromatic N) is 5. The average Bonchev–Trinajstić information content (AvgIpc) is 2.93. The number of rotatable bonds is 2. The molecule has 1 spiro atoms. The van der Waals surface area contributed by atoms with Crippen molar-refractivity contribution in [3.05, 3.63) is 12.5 Å². The molecule has 0 radical (unpaired) electrons. The zero-order valence-corrected chi connectivity index (χ0v) is 15.3. The quantitative estimate of drug-likeness (QED) is 0.730. The summed E-state index contributed by atoms with van der Waals surface area (Å²) in [6, 6.07) is 0. The Bertz CT molecular complexity index is 731. The molecule has 9 heteroatoms. The molecule has 3 rings (SSSR count). The van der Waals surface area contributed by atoms with Crippen LogP contribution >= 0.6 is 0 Å². The number of hydrogen-bond acceptors (Lipinski definition) is 5. The molecule has 1 amide bonds. The Kier molecular flexibility index (Phi) is 4.43. The van der Waals surface area contributed by atoms with Gasteiger partial charge in [-0.25, -0.2) is 13.4 Å². The van der Waals surface area contributed by atoms with E-state index in [4.69, 9.17) is 0 Å². The van der Waals surface area contributed by atoms with Crippen LogP contribution in [0.2, 0.25) is 0 Å². The zero-order valence-electron chi connectivity index (χ0n) is 14.5. The van der Waals surface area contributed by atoms with Gasteiger partial charge in [-0.05, 0) is 19.9 Å². The number of carbonyl (C=O) groups excluding carboxylic acids is 1. The number of likely N-dealkylation sites (tertiary alicyclic amines) is 1. The van der Waals surface area contributed by atoms with E-state index in [0.717, 1.165) is 6.42 Å². The Hall–Kier alpha value is -1.45. The lowest BCUT2D eigenvalue weighted by molar-refractivity contribution is -0.129. The van der Waals surface area contributed by atoms with E-state index in [1.54, 1.807) is 16.5 Å². The predicted octanol–water partition coefficient (Wildman–Crippen LogP) is -0.263. The Morgan fingerprint density at radius 1 is 1.12 bits per heavy atom. The molecular weight excluding hydrogens is 330 g/mol. The molecule has 1 atom stereocenters. The van der Waals surface area contributed by atoms with Crippen molar-refractivity contribution in [1.29, 1.82) is 0 Å². The number of amides is 1. The monoisotopic (exact) mass is 355 g/mol. The first kappa shape index (κ1) is 17.4. The fourth-order valence-electron chi connectivity index (χ4n) is 3.58. The maximum atomic E-state index is 12.9. The van der Waals surface area contributed by atoms with E-state index < -0.39 is 10.0 Å². The van der Waals surface area contributed by atoms with Gasteiger partial charge < -0.3 is 9.47 Å². The molecule has 2 fully saturated rings. The maximum absolute atomic E-state index is 12.9. The number of sulfonamides is 1. The van der Waals surface area contributed by atoms with Gasteiger partial charge in [0.2, 0.25) is 5.91 Å². The molecule has 0 aromatic carbocycles. The predicted molar refractivity (Wildman–Crippen MR) is 88.8 cm³/mol. The third kappa shape index (κ3) is 2.96. The lowest BCUT2D eigenvalue weighted by Gasteiger charge is -2.48. The van der Waals surface area contributed by atoms with Gasteiger partial charge in [-0.3, -0.25) is 9.69 Å². The van der Waals surface area contributed by atoms with Gasteiger partial charge in [0.05, 0.1) is 6.33 Å². The Morgan fingerprint density at radius 2 is 1.88 bits per heavy atom. The maximum Gasteiger partial charge on any atom is 0.262 e. The fraction of sp³-hybridized carbons (Fsp3) is 0.733.